The third kappa shape index (κ3) is 2.76. The first-order chi connectivity index (χ1) is 10.8. The predicted octanol–water partition coefficient (Wildman–Crippen LogP) is 1.88. The maximum atomic E-state index is 13.1. The molecule has 1 aromatic rings. The minimum absolute atomic E-state index is 0.0953. The summed E-state index contributed by atoms with van der Waals surface area (Å²) >= 11 is 0. The smallest absolute Gasteiger partial charge is 0.231 e. The van der Waals surface area contributed by atoms with E-state index in [9.17, 15) is 14.0 Å². The molecule has 1 unspecified atom stereocenters. The lowest BCUT2D eigenvalue weighted by Gasteiger charge is -2.36. The predicted molar refractivity (Wildman–Crippen MR) is 83.8 cm³/mol. The molecular weight excluding hydrogens is 297 g/mol. The molecule has 3 rings (SSSR count). The van der Waals surface area contributed by atoms with Crippen molar-refractivity contribution in [2.45, 2.75) is 26.7 Å². The van der Waals surface area contributed by atoms with Gasteiger partial charge in [0.1, 0.15) is 11.7 Å². The van der Waals surface area contributed by atoms with Crippen LogP contribution in [0.5, 0.6) is 0 Å². The van der Waals surface area contributed by atoms with Gasteiger partial charge in [0.05, 0.1) is 5.71 Å². The van der Waals surface area contributed by atoms with Crippen molar-refractivity contribution in [3.8, 4) is 0 Å². The van der Waals surface area contributed by atoms with E-state index in [1.807, 2.05) is 13.8 Å². The molecule has 2 aliphatic rings. The fourth-order valence-corrected chi connectivity index (χ4v) is 3.23. The number of carbonyl (C=O) groups excluding carboxylic acids is 2. The van der Waals surface area contributed by atoms with Gasteiger partial charge in [0, 0.05) is 17.7 Å². The van der Waals surface area contributed by atoms with Gasteiger partial charge in [-0.2, -0.15) is 5.10 Å². The van der Waals surface area contributed by atoms with E-state index < -0.39 is 11.8 Å². The molecule has 0 spiro atoms. The molecule has 0 fully saturated rings. The number of nitrogens with zero attached hydrogens (tertiary/aromatic N) is 1. The van der Waals surface area contributed by atoms with Crippen LogP contribution in [0.4, 0.5) is 4.39 Å². The van der Waals surface area contributed by atoms with Crippen molar-refractivity contribution in [3.63, 3.8) is 0 Å². The van der Waals surface area contributed by atoms with E-state index in [1.54, 1.807) is 0 Å². The van der Waals surface area contributed by atoms with Crippen molar-refractivity contribution in [3.05, 3.63) is 46.9 Å². The molecule has 1 aliphatic carbocycles. The molecule has 1 atom stereocenters. The van der Waals surface area contributed by atoms with E-state index in [4.69, 9.17) is 5.73 Å². The molecule has 1 aromatic carbocycles. The highest BCUT2D eigenvalue weighted by Crippen LogP contribution is 2.40. The molecule has 1 amide bonds. The zero-order valence-electron chi connectivity index (χ0n) is 13.0. The minimum Gasteiger partial charge on any atom is -0.369 e. The van der Waals surface area contributed by atoms with Crippen LogP contribution in [0.3, 0.4) is 0 Å². The summed E-state index contributed by atoms with van der Waals surface area (Å²) in [6, 6.07) is 5.61. The summed E-state index contributed by atoms with van der Waals surface area (Å²) in [5, 5.41) is 4.25. The summed E-state index contributed by atoms with van der Waals surface area (Å²) < 4.78 is 13.1. The van der Waals surface area contributed by atoms with E-state index in [1.165, 1.54) is 24.3 Å². The van der Waals surface area contributed by atoms with Crippen molar-refractivity contribution in [2.24, 2.45) is 22.2 Å². The Kier molecular flexibility index (Phi) is 3.55. The molecule has 6 heteroatoms. The lowest BCUT2D eigenvalue weighted by Crippen LogP contribution is -2.44. The normalized spacial score (nSPS) is 23.0. The van der Waals surface area contributed by atoms with Crippen molar-refractivity contribution in [2.75, 3.05) is 0 Å². The number of hydrogen-bond donors (Lipinski definition) is 2. The molecule has 1 aliphatic heterocycles. The number of halogens is 1. The summed E-state index contributed by atoms with van der Waals surface area (Å²) in [4.78, 5) is 24.6. The van der Waals surface area contributed by atoms with E-state index in [-0.39, 0.29) is 17.0 Å². The number of nitrogens with two attached hydrogens (primary N) is 1. The number of nitrogens with one attached hydrogen (secondary N) is 1. The third-order valence-electron chi connectivity index (χ3n) is 4.22. The van der Waals surface area contributed by atoms with E-state index in [0.717, 1.165) is 0 Å². The monoisotopic (exact) mass is 315 g/mol. The number of Topliss-reactive ketones (excluding diaryl/α,β-unsaturated/α-hetero) is 1. The summed E-state index contributed by atoms with van der Waals surface area (Å²) in [5.74, 6) is -2.01. The summed E-state index contributed by atoms with van der Waals surface area (Å²) in [6.45, 7) is 3.99. The second-order valence-electron chi connectivity index (χ2n) is 6.78. The van der Waals surface area contributed by atoms with Crippen LogP contribution in [0, 0.1) is 17.2 Å². The van der Waals surface area contributed by atoms with E-state index >= 15 is 0 Å². The van der Waals surface area contributed by atoms with Gasteiger partial charge >= 0.3 is 0 Å². The number of hydrogen-bond acceptors (Lipinski definition) is 4. The van der Waals surface area contributed by atoms with Crippen LogP contribution >= 0.6 is 0 Å². The lowest BCUT2D eigenvalue weighted by molar-refractivity contribution is -0.123. The van der Waals surface area contributed by atoms with Crippen LogP contribution < -0.4 is 11.2 Å². The summed E-state index contributed by atoms with van der Waals surface area (Å²) in [7, 11) is 0. The molecule has 0 radical (unpaired) electrons. The molecule has 5 nitrogen and oxygen atoms in total. The Balaban J connectivity index is 2.06. The van der Waals surface area contributed by atoms with E-state index in [0.29, 0.717) is 35.4 Å². The zero-order chi connectivity index (χ0) is 16.8. The minimum atomic E-state index is -0.902. The van der Waals surface area contributed by atoms with Gasteiger partial charge in [0.2, 0.25) is 5.91 Å². The van der Waals surface area contributed by atoms with Crippen molar-refractivity contribution >= 4 is 17.4 Å². The maximum absolute atomic E-state index is 13.1. The standard InChI is InChI=1S/C17H18FN3O2/c1-17(2)7-11-13(12(22)8-17)14(16(19)23)15(21-20-11)9-3-5-10(18)6-4-9/h3-6,14,20H,7-8H2,1-2H3,(H2,19,23). The van der Waals surface area contributed by atoms with Crippen LogP contribution in [-0.2, 0) is 9.59 Å². The fraction of sp³-hybridized carbons (Fsp3) is 0.353. The Morgan fingerprint density at radius 2 is 1.96 bits per heavy atom. The van der Waals surface area contributed by atoms with Crippen LogP contribution in [0.15, 0.2) is 40.6 Å². The second-order valence-corrected chi connectivity index (χ2v) is 6.78. The molecule has 3 N–H and O–H groups in total. The highest BCUT2D eigenvalue weighted by atomic mass is 19.1. The number of benzene rings is 1. The highest BCUT2D eigenvalue weighted by Gasteiger charge is 2.42. The van der Waals surface area contributed by atoms with Gasteiger partial charge in [0.15, 0.2) is 5.78 Å². The van der Waals surface area contributed by atoms with E-state index in [2.05, 4.69) is 10.5 Å². The summed E-state index contributed by atoms with van der Waals surface area (Å²) in [5.41, 5.74) is 10.2. The molecule has 0 saturated carbocycles. The second kappa shape index (κ2) is 5.30. The average molecular weight is 315 g/mol. The van der Waals surface area contributed by atoms with Gasteiger partial charge in [-0.25, -0.2) is 4.39 Å². The van der Waals surface area contributed by atoms with Crippen molar-refractivity contribution in [1.29, 1.82) is 0 Å². The Morgan fingerprint density at radius 1 is 1.30 bits per heavy atom. The largest absolute Gasteiger partial charge is 0.369 e. The van der Waals surface area contributed by atoms with Gasteiger partial charge in [-0.05, 0) is 29.5 Å². The first kappa shape index (κ1) is 15.4. The quantitative estimate of drug-likeness (QED) is 0.874. The first-order valence-corrected chi connectivity index (χ1v) is 7.43. The summed E-state index contributed by atoms with van der Waals surface area (Å²) in [6.07, 6.45) is 0.978. The molecular formula is C17H18FN3O2. The van der Waals surface area contributed by atoms with Gasteiger partial charge in [-0.3, -0.25) is 15.0 Å². The number of primary amides is 1. The first-order valence-electron chi connectivity index (χ1n) is 7.43. The number of rotatable bonds is 2. The van der Waals surface area contributed by atoms with Crippen LogP contribution in [0.2, 0.25) is 0 Å². The number of hydrazone groups is 1. The Labute approximate surface area is 133 Å². The lowest BCUT2D eigenvalue weighted by atomic mass is 9.71. The van der Waals surface area contributed by atoms with Gasteiger partial charge in [0.25, 0.3) is 0 Å². The number of amides is 1. The SMILES string of the molecule is CC1(C)CC(=O)C2=C(C1)NN=C(c1ccc(F)cc1)C2C(N)=O. The maximum Gasteiger partial charge on any atom is 0.231 e. The average Bonchev–Trinajstić information content (AvgIpc) is 2.45. The molecule has 0 aromatic heterocycles. The molecule has 120 valence electrons. The fourth-order valence-electron chi connectivity index (χ4n) is 3.23. The highest BCUT2D eigenvalue weighted by molar-refractivity contribution is 6.20. The van der Waals surface area contributed by atoms with Gasteiger partial charge in [-0.15, -0.1) is 0 Å². The number of carbonyl (C=O) groups is 2. The van der Waals surface area contributed by atoms with Gasteiger partial charge in [-0.1, -0.05) is 26.0 Å². The Bertz CT molecular complexity index is 748. The Hall–Kier alpha value is -2.50. The number of allylic oxidation sites excluding steroid dienone is 1. The third-order valence-corrected chi connectivity index (χ3v) is 4.22. The van der Waals surface area contributed by atoms with Crippen LogP contribution in [-0.4, -0.2) is 17.4 Å². The molecule has 1 heterocycles. The van der Waals surface area contributed by atoms with Crippen molar-refractivity contribution < 1.29 is 14.0 Å². The van der Waals surface area contributed by atoms with Gasteiger partial charge < -0.3 is 5.73 Å². The molecule has 0 saturated heterocycles. The van der Waals surface area contributed by atoms with Crippen LogP contribution in [0.1, 0.15) is 32.3 Å². The van der Waals surface area contributed by atoms with Crippen LogP contribution in [0.25, 0.3) is 0 Å². The zero-order valence-corrected chi connectivity index (χ0v) is 13.0. The topological polar surface area (TPSA) is 84.6 Å². The molecule has 23 heavy (non-hydrogen) atoms. The molecule has 0 bridgehead atoms. The Morgan fingerprint density at radius 3 is 2.57 bits per heavy atom. The number of ketones is 1. The van der Waals surface area contributed by atoms with Crippen molar-refractivity contribution in [1.82, 2.24) is 5.43 Å².